The molecule has 1 saturated heterocycles. The molecular weight excluding hydrogens is 501 g/mol. The highest BCUT2D eigenvalue weighted by molar-refractivity contribution is 14.0. The second kappa shape index (κ2) is 10.8. The maximum absolute atomic E-state index is 12.8. The molecule has 0 aromatic rings. The van der Waals surface area contributed by atoms with E-state index in [0.717, 1.165) is 0 Å². The number of guanidine groups is 1. The van der Waals surface area contributed by atoms with Crippen molar-refractivity contribution in [2.45, 2.75) is 78.9 Å². The van der Waals surface area contributed by atoms with E-state index in [9.17, 15) is 9.59 Å². The van der Waals surface area contributed by atoms with Crippen molar-refractivity contribution in [2.24, 2.45) is 10.4 Å². The zero-order valence-corrected chi connectivity index (χ0v) is 22.3. The Bertz CT molecular complexity index is 631. The van der Waals surface area contributed by atoms with E-state index in [2.05, 4.69) is 20.9 Å². The standard InChI is InChI=1S/C20H39N5O4.HI/c1-13-14(25(20(7,8)28-13)17(27)29-18(2,3)4)11-23-16(22-10)24-12-19(5,6)15(26)21-9;/h13-14H,11-12H2,1-10H3,(H,21,26)(H2,22,23,24);1H. The Hall–Kier alpha value is -1.30. The second-order valence-electron chi connectivity index (χ2n) is 9.46. The Morgan fingerprint density at radius 1 is 1.17 bits per heavy atom. The van der Waals surface area contributed by atoms with E-state index in [1.165, 1.54) is 0 Å². The van der Waals surface area contributed by atoms with Crippen molar-refractivity contribution < 1.29 is 19.1 Å². The number of hydrogen-bond donors (Lipinski definition) is 3. The van der Waals surface area contributed by atoms with Crippen LogP contribution >= 0.6 is 24.0 Å². The predicted molar refractivity (Wildman–Crippen MR) is 129 cm³/mol. The van der Waals surface area contributed by atoms with Crippen LogP contribution in [0.1, 0.15) is 55.4 Å². The third-order valence-electron chi connectivity index (χ3n) is 4.76. The molecule has 2 unspecified atom stereocenters. The number of halogens is 1. The molecule has 30 heavy (non-hydrogen) atoms. The smallest absolute Gasteiger partial charge is 0.412 e. The molecule has 0 bridgehead atoms. The first-order valence-corrected chi connectivity index (χ1v) is 10.0. The summed E-state index contributed by atoms with van der Waals surface area (Å²) in [6.07, 6.45) is -0.604. The molecule has 1 aliphatic heterocycles. The molecule has 1 fully saturated rings. The molecular formula is C20H40IN5O4. The summed E-state index contributed by atoms with van der Waals surface area (Å²) in [7, 11) is 3.28. The van der Waals surface area contributed by atoms with Crippen molar-refractivity contribution in [3.63, 3.8) is 0 Å². The molecule has 1 rings (SSSR count). The normalized spacial score (nSPS) is 21.5. The van der Waals surface area contributed by atoms with Crippen LogP contribution in [0.25, 0.3) is 0 Å². The van der Waals surface area contributed by atoms with E-state index in [-0.39, 0.29) is 42.0 Å². The maximum Gasteiger partial charge on any atom is 0.412 e. The van der Waals surface area contributed by atoms with Crippen LogP contribution in [-0.4, -0.2) is 73.5 Å². The van der Waals surface area contributed by atoms with Crippen LogP contribution in [0.3, 0.4) is 0 Å². The molecule has 2 amide bonds. The van der Waals surface area contributed by atoms with Gasteiger partial charge in [-0.3, -0.25) is 14.7 Å². The first-order valence-electron chi connectivity index (χ1n) is 10.0. The molecule has 0 aliphatic carbocycles. The lowest BCUT2D eigenvalue weighted by molar-refractivity contribution is -0.128. The van der Waals surface area contributed by atoms with Crippen molar-refractivity contribution in [2.75, 3.05) is 27.2 Å². The Kier molecular flexibility index (Phi) is 10.4. The Morgan fingerprint density at radius 3 is 2.20 bits per heavy atom. The fourth-order valence-corrected chi connectivity index (χ4v) is 3.27. The van der Waals surface area contributed by atoms with Gasteiger partial charge in [0.1, 0.15) is 11.3 Å². The largest absolute Gasteiger partial charge is 0.444 e. The SMILES string of the molecule is CN=C(NCC1C(C)OC(C)(C)N1C(=O)OC(C)(C)C)NCC(C)(C)C(=O)NC.I. The van der Waals surface area contributed by atoms with Gasteiger partial charge in [0.05, 0.1) is 17.6 Å². The predicted octanol–water partition coefficient (Wildman–Crippen LogP) is 2.30. The Labute approximate surface area is 198 Å². The van der Waals surface area contributed by atoms with E-state index in [1.54, 1.807) is 19.0 Å². The van der Waals surface area contributed by atoms with Crippen molar-refractivity contribution in [3.05, 3.63) is 0 Å². The van der Waals surface area contributed by atoms with Crippen LogP contribution in [0.15, 0.2) is 4.99 Å². The molecule has 9 nitrogen and oxygen atoms in total. The number of nitrogens with one attached hydrogen (secondary N) is 3. The highest BCUT2D eigenvalue weighted by atomic mass is 127. The van der Waals surface area contributed by atoms with Gasteiger partial charge in [0.25, 0.3) is 0 Å². The summed E-state index contributed by atoms with van der Waals surface area (Å²) >= 11 is 0. The number of ether oxygens (including phenoxy) is 2. The fraction of sp³-hybridized carbons (Fsp3) is 0.850. The summed E-state index contributed by atoms with van der Waals surface area (Å²) in [6.45, 7) is 15.7. The minimum atomic E-state index is -0.785. The molecule has 0 radical (unpaired) electrons. The number of rotatable bonds is 5. The Balaban J connectivity index is 0.00000841. The monoisotopic (exact) mass is 541 g/mol. The molecule has 1 heterocycles. The Morgan fingerprint density at radius 2 is 1.73 bits per heavy atom. The van der Waals surface area contributed by atoms with E-state index in [1.807, 2.05) is 55.4 Å². The van der Waals surface area contributed by atoms with E-state index < -0.39 is 22.8 Å². The molecule has 0 aromatic heterocycles. The van der Waals surface area contributed by atoms with Crippen LogP contribution in [0, 0.1) is 5.41 Å². The first kappa shape index (κ1) is 28.7. The van der Waals surface area contributed by atoms with E-state index >= 15 is 0 Å². The van der Waals surface area contributed by atoms with Gasteiger partial charge in [-0.05, 0) is 55.4 Å². The van der Waals surface area contributed by atoms with Crippen LogP contribution in [-0.2, 0) is 14.3 Å². The fourth-order valence-electron chi connectivity index (χ4n) is 3.27. The van der Waals surface area contributed by atoms with Gasteiger partial charge in [0.15, 0.2) is 5.96 Å². The number of carbonyl (C=O) groups excluding carboxylic acids is 2. The van der Waals surface area contributed by atoms with Crippen LogP contribution in [0.2, 0.25) is 0 Å². The number of amides is 2. The zero-order chi connectivity index (χ0) is 22.6. The first-order chi connectivity index (χ1) is 13.1. The van der Waals surface area contributed by atoms with Crippen LogP contribution in [0.5, 0.6) is 0 Å². The van der Waals surface area contributed by atoms with E-state index in [4.69, 9.17) is 9.47 Å². The number of carbonyl (C=O) groups is 2. The summed E-state index contributed by atoms with van der Waals surface area (Å²) in [5, 5.41) is 9.07. The number of aliphatic imine (C=N–C) groups is 1. The average Bonchev–Trinajstić information content (AvgIpc) is 2.80. The summed E-state index contributed by atoms with van der Waals surface area (Å²) in [5.74, 6) is 0.485. The summed E-state index contributed by atoms with van der Waals surface area (Å²) in [6, 6.07) is -0.245. The van der Waals surface area contributed by atoms with Gasteiger partial charge < -0.3 is 25.4 Å². The summed E-state index contributed by atoms with van der Waals surface area (Å²) in [5.41, 5.74) is -1.98. The molecule has 0 spiro atoms. The molecule has 176 valence electrons. The summed E-state index contributed by atoms with van der Waals surface area (Å²) in [4.78, 5) is 30.6. The molecule has 1 aliphatic rings. The van der Waals surface area contributed by atoms with Gasteiger partial charge in [0.2, 0.25) is 5.91 Å². The lowest BCUT2D eigenvalue weighted by Gasteiger charge is -2.35. The van der Waals surface area contributed by atoms with Gasteiger partial charge in [-0.15, -0.1) is 24.0 Å². The van der Waals surface area contributed by atoms with Gasteiger partial charge in [0, 0.05) is 27.2 Å². The minimum absolute atomic E-state index is 0. The zero-order valence-electron chi connectivity index (χ0n) is 20.0. The van der Waals surface area contributed by atoms with E-state index in [0.29, 0.717) is 19.0 Å². The van der Waals surface area contributed by atoms with Crippen LogP contribution in [0.4, 0.5) is 4.79 Å². The molecule has 10 heteroatoms. The van der Waals surface area contributed by atoms with Gasteiger partial charge in [-0.2, -0.15) is 0 Å². The quantitative estimate of drug-likeness (QED) is 0.281. The molecule has 0 saturated carbocycles. The highest BCUT2D eigenvalue weighted by Gasteiger charge is 2.49. The lowest BCUT2D eigenvalue weighted by atomic mass is 9.92. The average molecular weight is 541 g/mol. The highest BCUT2D eigenvalue weighted by Crippen LogP contribution is 2.33. The molecule has 0 aromatic carbocycles. The summed E-state index contributed by atoms with van der Waals surface area (Å²) < 4.78 is 11.6. The van der Waals surface area contributed by atoms with Crippen LogP contribution < -0.4 is 16.0 Å². The van der Waals surface area contributed by atoms with Crippen molar-refractivity contribution in [3.8, 4) is 0 Å². The van der Waals surface area contributed by atoms with Crippen molar-refractivity contribution in [1.82, 2.24) is 20.9 Å². The molecule has 2 atom stereocenters. The third-order valence-corrected chi connectivity index (χ3v) is 4.76. The van der Waals surface area contributed by atoms with Gasteiger partial charge >= 0.3 is 6.09 Å². The van der Waals surface area contributed by atoms with Gasteiger partial charge in [-0.1, -0.05) is 0 Å². The third kappa shape index (κ3) is 7.75. The minimum Gasteiger partial charge on any atom is -0.444 e. The lowest BCUT2D eigenvalue weighted by Crippen LogP contribution is -2.55. The second-order valence-corrected chi connectivity index (χ2v) is 9.46. The van der Waals surface area contributed by atoms with Crippen molar-refractivity contribution in [1.29, 1.82) is 0 Å². The number of nitrogens with zero attached hydrogens (tertiary/aromatic N) is 2. The maximum atomic E-state index is 12.8. The molecule has 3 N–H and O–H groups in total. The van der Waals surface area contributed by atoms with Crippen molar-refractivity contribution >= 4 is 41.9 Å². The topological polar surface area (TPSA) is 104 Å². The number of hydrogen-bond acceptors (Lipinski definition) is 5. The van der Waals surface area contributed by atoms with Gasteiger partial charge in [-0.25, -0.2) is 4.79 Å².